The zero-order chi connectivity index (χ0) is 14.7. The van der Waals surface area contributed by atoms with Gasteiger partial charge in [-0.25, -0.2) is 0 Å². The second kappa shape index (κ2) is 6.00. The second-order valence-corrected chi connectivity index (χ2v) is 5.00. The zero-order valence-electron chi connectivity index (χ0n) is 12.4. The number of aromatic hydroxyl groups is 2. The first-order valence-electron chi connectivity index (χ1n) is 7.28. The van der Waals surface area contributed by atoms with Crippen LogP contribution in [0, 0.1) is 0 Å². The maximum atomic E-state index is 10.2. The maximum absolute atomic E-state index is 10.2. The summed E-state index contributed by atoms with van der Waals surface area (Å²) in [6, 6.07) is 9.23. The van der Waals surface area contributed by atoms with E-state index in [2.05, 4.69) is 20.8 Å². The number of phenolic OH excluding ortho intramolecular Hbond substituents is 2. The van der Waals surface area contributed by atoms with E-state index in [1.54, 1.807) is 12.1 Å². The van der Waals surface area contributed by atoms with Crippen molar-refractivity contribution in [1.29, 1.82) is 0 Å². The summed E-state index contributed by atoms with van der Waals surface area (Å²) >= 11 is 0. The van der Waals surface area contributed by atoms with E-state index in [1.165, 1.54) is 11.1 Å². The molecule has 2 N–H and O–H groups in total. The molecule has 0 bridgehead atoms. The molecule has 2 aromatic carbocycles. The van der Waals surface area contributed by atoms with Gasteiger partial charge in [-0.3, -0.25) is 0 Å². The van der Waals surface area contributed by atoms with Crippen LogP contribution in [-0.2, 0) is 19.3 Å². The van der Waals surface area contributed by atoms with Gasteiger partial charge in [0.15, 0.2) is 0 Å². The standard InChI is InChI=1S/C18H22O2/c1-4-12-11-17(20)15(5-2)16(6-3)18(12)13-8-7-9-14(19)10-13/h7-11,19-20H,4-6H2,1-3H3. The van der Waals surface area contributed by atoms with Crippen LogP contribution in [0.3, 0.4) is 0 Å². The lowest BCUT2D eigenvalue weighted by molar-refractivity contribution is 0.467. The lowest BCUT2D eigenvalue weighted by atomic mass is 9.87. The molecule has 0 aliphatic rings. The van der Waals surface area contributed by atoms with Gasteiger partial charge in [0.25, 0.3) is 0 Å². The van der Waals surface area contributed by atoms with Crippen LogP contribution in [0.4, 0.5) is 0 Å². The molecule has 0 fully saturated rings. The smallest absolute Gasteiger partial charge is 0.119 e. The first-order chi connectivity index (χ1) is 9.62. The minimum atomic E-state index is 0.276. The van der Waals surface area contributed by atoms with Crippen molar-refractivity contribution >= 4 is 0 Å². The molecule has 2 aromatic rings. The van der Waals surface area contributed by atoms with Crippen molar-refractivity contribution in [3.63, 3.8) is 0 Å². The second-order valence-electron chi connectivity index (χ2n) is 5.00. The topological polar surface area (TPSA) is 40.5 Å². The van der Waals surface area contributed by atoms with Gasteiger partial charge < -0.3 is 10.2 Å². The normalized spacial score (nSPS) is 10.8. The van der Waals surface area contributed by atoms with Crippen molar-refractivity contribution in [2.24, 2.45) is 0 Å². The predicted octanol–water partition coefficient (Wildman–Crippen LogP) is 4.45. The average Bonchev–Trinajstić information content (AvgIpc) is 2.45. The van der Waals surface area contributed by atoms with Crippen LogP contribution in [0.25, 0.3) is 11.1 Å². The fourth-order valence-electron chi connectivity index (χ4n) is 2.91. The molecule has 0 amide bonds. The van der Waals surface area contributed by atoms with Crippen molar-refractivity contribution in [2.75, 3.05) is 0 Å². The summed E-state index contributed by atoms with van der Waals surface area (Å²) in [6.45, 7) is 6.26. The fourth-order valence-corrected chi connectivity index (χ4v) is 2.91. The number of hydrogen-bond donors (Lipinski definition) is 2. The summed E-state index contributed by atoms with van der Waals surface area (Å²) in [7, 11) is 0. The summed E-state index contributed by atoms with van der Waals surface area (Å²) in [5, 5.41) is 19.9. The molecule has 0 atom stereocenters. The van der Waals surface area contributed by atoms with Gasteiger partial charge in [0.05, 0.1) is 0 Å². The highest BCUT2D eigenvalue weighted by atomic mass is 16.3. The van der Waals surface area contributed by atoms with Gasteiger partial charge in [0, 0.05) is 0 Å². The Hall–Kier alpha value is -1.96. The van der Waals surface area contributed by atoms with Gasteiger partial charge in [-0.15, -0.1) is 0 Å². The molecule has 2 heteroatoms. The Kier molecular flexibility index (Phi) is 4.33. The zero-order valence-corrected chi connectivity index (χ0v) is 12.4. The monoisotopic (exact) mass is 270 g/mol. The van der Waals surface area contributed by atoms with Crippen LogP contribution in [-0.4, -0.2) is 10.2 Å². The molecule has 0 saturated carbocycles. The van der Waals surface area contributed by atoms with Gasteiger partial charge in [0.2, 0.25) is 0 Å². The third-order valence-corrected chi connectivity index (χ3v) is 3.83. The van der Waals surface area contributed by atoms with Gasteiger partial charge in [0.1, 0.15) is 11.5 Å². The summed E-state index contributed by atoms with van der Waals surface area (Å²) in [5.74, 6) is 0.669. The molecule has 0 aliphatic carbocycles. The third kappa shape index (κ3) is 2.51. The number of phenols is 2. The van der Waals surface area contributed by atoms with E-state index < -0.39 is 0 Å². The molecular weight excluding hydrogens is 248 g/mol. The van der Waals surface area contributed by atoms with Gasteiger partial charge in [-0.05, 0) is 65.3 Å². The molecular formula is C18H22O2. The van der Waals surface area contributed by atoms with E-state index in [0.29, 0.717) is 5.75 Å². The number of hydrogen-bond acceptors (Lipinski definition) is 2. The van der Waals surface area contributed by atoms with Crippen molar-refractivity contribution in [1.82, 2.24) is 0 Å². The van der Waals surface area contributed by atoms with E-state index in [9.17, 15) is 10.2 Å². The van der Waals surface area contributed by atoms with E-state index in [-0.39, 0.29) is 5.75 Å². The van der Waals surface area contributed by atoms with Crippen LogP contribution in [0.15, 0.2) is 30.3 Å². The minimum Gasteiger partial charge on any atom is -0.508 e. The van der Waals surface area contributed by atoms with Crippen molar-refractivity contribution in [2.45, 2.75) is 40.0 Å². The Bertz CT molecular complexity index is 615. The number of rotatable bonds is 4. The number of aryl methyl sites for hydroxylation is 1. The Balaban J connectivity index is 2.78. The summed E-state index contributed by atoms with van der Waals surface area (Å²) < 4.78 is 0. The first-order valence-corrected chi connectivity index (χ1v) is 7.28. The molecule has 2 nitrogen and oxygen atoms in total. The average molecular weight is 270 g/mol. The Morgan fingerprint density at radius 2 is 1.55 bits per heavy atom. The SMILES string of the molecule is CCc1cc(O)c(CC)c(CC)c1-c1cccc(O)c1. The lowest BCUT2D eigenvalue weighted by Gasteiger charge is -2.19. The molecule has 0 aromatic heterocycles. The molecule has 20 heavy (non-hydrogen) atoms. The molecule has 0 aliphatic heterocycles. The summed E-state index contributed by atoms with van der Waals surface area (Å²) in [4.78, 5) is 0. The lowest BCUT2D eigenvalue weighted by Crippen LogP contribution is -2.00. The summed E-state index contributed by atoms with van der Waals surface area (Å²) in [6.07, 6.45) is 2.54. The quantitative estimate of drug-likeness (QED) is 0.861. The molecule has 2 rings (SSSR count). The largest absolute Gasteiger partial charge is 0.508 e. The van der Waals surface area contributed by atoms with Crippen LogP contribution in [0.5, 0.6) is 11.5 Å². The molecule has 0 spiro atoms. The Morgan fingerprint density at radius 3 is 2.10 bits per heavy atom. The summed E-state index contributed by atoms with van der Waals surface area (Å²) in [5.41, 5.74) is 5.52. The van der Waals surface area contributed by atoms with Crippen molar-refractivity contribution < 1.29 is 10.2 Å². The molecule has 0 radical (unpaired) electrons. The van der Waals surface area contributed by atoms with E-state index in [4.69, 9.17) is 0 Å². The van der Waals surface area contributed by atoms with Crippen LogP contribution in [0.2, 0.25) is 0 Å². The maximum Gasteiger partial charge on any atom is 0.119 e. The van der Waals surface area contributed by atoms with Crippen molar-refractivity contribution in [3.8, 4) is 22.6 Å². The van der Waals surface area contributed by atoms with E-state index in [0.717, 1.165) is 36.0 Å². The highest BCUT2D eigenvalue weighted by Gasteiger charge is 2.16. The molecule has 106 valence electrons. The Labute approximate surface area is 120 Å². The van der Waals surface area contributed by atoms with E-state index >= 15 is 0 Å². The number of benzene rings is 2. The highest BCUT2D eigenvalue weighted by Crippen LogP contribution is 2.37. The van der Waals surface area contributed by atoms with Crippen molar-refractivity contribution in [3.05, 3.63) is 47.0 Å². The van der Waals surface area contributed by atoms with Gasteiger partial charge in [-0.2, -0.15) is 0 Å². The fraction of sp³-hybridized carbons (Fsp3) is 0.333. The Morgan fingerprint density at radius 1 is 0.850 bits per heavy atom. The van der Waals surface area contributed by atoms with Gasteiger partial charge >= 0.3 is 0 Å². The van der Waals surface area contributed by atoms with Crippen LogP contribution < -0.4 is 0 Å². The first kappa shape index (κ1) is 14.4. The van der Waals surface area contributed by atoms with E-state index in [1.807, 2.05) is 18.2 Å². The molecule has 0 unspecified atom stereocenters. The predicted molar refractivity (Wildman–Crippen MR) is 83.3 cm³/mol. The van der Waals surface area contributed by atoms with Gasteiger partial charge in [-0.1, -0.05) is 32.9 Å². The third-order valence-electron chi connectivity index (χ3n) is 3.83. The van der Waals surface area contributed by atoms with Crippen LogP contribution in [0.1, 0.15) is 37.5 Å². The van der Waals surface area contributed by atoms with Crippen LogP contribution >= 0.6 is 0 Å². The highest BCUT2D eigenvalue weighted by molar-refractivity contribution is 5.75. The molecule has 0 heterocycles. The molecule has 0 saturated heterocycles. The minimum absolute atomic E-state index is 0.276.